The van der Waals surface area contributed by atoms with E-state index < -0.39 is 16.0 Å². The summed E-state index contributed by atoms with van der Waals surface area (Å²) in [4.78, 5) is 16.2. The van der Waals surface area contributed by atoms with E-state index in [9.17, 15) is 18.3 Å². The number of hydrogen-bond donors (Lipinski definition) is 1. The minimum atomic E-state index is -3.66. The van der Waals surface area contributed by atoms with Crippen LogP contribution < -0.4 is 4.74 Å². The average molecular weight is 526 g/mol. The van der Waals surface area contributed by atoms with Gasteiger partial charge in [0.15, 0.2) is 0 Å². The molecule has 0 spiro atoms. The fourth-order valence-corrected chi connectivity index (χ4v) is 6.87. The molecule has 1 N–H and O–H groups in total. The monoisotopic (exact) mass is 525 g/mol. The number of sulfonamides is 1. The minimum absolute atomic E-state index is 0.00714. The number of aromatic nitrogens is 2. The summed E-state index contributed by atoms with van der Waals surface area (Å²) in [6.07, 6.45) is 4.27. The first-order chi connectivity index (χ1) is 17.2. The van der Waals surface area contributed by atoms with Crippen LogP contribution in [0.1, 0.15) is 31.7 Å². The second-order valence-electron chi connectivity index (χ2n) is 9.16. The van der Waals surface area contributed by atoms with Gasteiger partial charge in [0.1, 0.15) is 17.3 Å². The van der Waals surface area contributed by atoms with Crippen LogP contribution in [0.5, 0.6) is 5.75 Å². The molecule has 10 heteroatoms. The Kier molecular flexibility index (Phi) is 6.59. The molecule has 188 valence electrons. The van der Waals surface area contributed by atoms with Gasteiger partial charge in [-0.3, -0.25) is 4.79 Å². The standard InChI is InChI=1S/C26H27N3O5S2/c1-17(2)34-20-4-6-21(7-5-20)36(32,33)29-11-9-19(14-29)23-15-28(16-25(30)31)24-13-18(3-8-22(23)24)26-27-10-12-35-26/h3-8,10,12-13,15,17,19H,9,11,14,16H2,1-2H3,(H,30,31). The van der Waals surface area contributed by atoms with Crippen molar-refractivity contribution in [2.75, 3.05) is 13.1 Å². The van der Waals surface area contributed by atoms with E-state index in [-0.39, 0.29) is 23.5 Å². The molecule has 0 amide bonds. The van der Waals surface area contributed by atoms with Gasteiger partial charge in [-0.15, -0.1) is 11.3 Å². The van der Waals surface area contributed by atoms with Gasteiger partial charge in [-0.2, -0.15) is 4.31 Å². The van der Waals surface area contributed by atoms with E-state index in [1.165, 1.54) is 15.6 Å². The Hall–Kier alpha value is -3.21. The second kappa shape index (κ2) is 9.68. The summed E-state index contributed by atoms with van der Waals surface area (Å²) >= 11 is 1.52. The van der Waals surface area contributed by atoms with Gasteiger partial charge in [0.25, 0.3) is 0 Å². The fraction of sp³-hybridized carbons (Fsp3) is 0.308. The highest BCUT2D eigenvalue weighted by Gasteiger charge is 2.34. The zero-order valence-electron chi connectivity index (χ0n) is 20.0. The largest absolute Gasteiger partial charge is 0.491 e. The first-order valence-corrected chi connectivity index (χ1v) is 14.1. The second-order valence-corrected chi connectivity index (χ2v) is 12.0. The van der Waals surface area contributed by atoms with Crippen molar-refractivity contribution in [2.24, 2.45) is 0 Å². The third-order valence-corrected chi connectivity index (χ3v) is 9.02. The summed E-state index contributed by atoms with van der Waals surface area (Å²) in [7, 11) is -3.66. The van der Waals surface area contributed by atoms with E-state index in [2.05, 4.69) is 4.98 Å². The van der Waals surface area contributed by atoms with Gasteiger partial charge < -0.3 is 14.4 Å². The van der Waals surface area contributed by atoms with Crippen molar-refractivity contribution in [1.29, 1.82) is 0 Å². The van der Waals surface area contributed by atoms with Gasteiger partial charge in [-0.05, 0) is 56.2 Å². The fourth-order valence-electron chi connectivity index (χ4n) is 4.73. The number of ether oxygens (including phenoxy) is 1. The summed E-state index contributed by atoms with van der Waals surface area (Å²) in [6.45, 7) is 4.41. The zero-order valence-corrected chi connectivity index (χ0v) is 21.6. The number of carbonyl (C=O) groups is 1. The van der Waals surface area contributed by atoms with Crippen LogP contribution in [0.4, 0.5) is 0 Å². The highest BCUT2D eigenvalue weighted by molar-refractivity contribution is 7.89. The third-order valence-electron chi connectivity index (χ3n) is 6.32. The Bertz CT molecular complexity index is 1490. The number of benzene rings is 2. The number of hydrogen-bond acceptors (Lipinski definition) is 6. The molecule has 0 aliphatic carbocycles. The van der Waals surface area contributed by atoms with E-state index in [4.69, 9.17) is 4.74 Å². The molecule has 1 fully saturated rings. The maximum atomic E-state index is 13.3. The number of nitrogens with zero attached hydrogens (tertiary/aromatic N) is 3. The average Bonchev–Trinajstić information content (AvgIpc) is 3.59. The van der Waals surface area contributed by atoms with Crippen LogP contribution in [0.25, 0.3) is 21.5 Å². The first kappa shape index (κ1) is 24.5. The molecule has 1 saturated heterocycles. The number of fused-ring (bicyclic) bond motifs is 1. The minimum Gasteiger partial charge on any atom is -0.491 e. The van der Waals surface area contributed by atoms with Crippen LogP contribution in [0.3, 0.4) is 0 Å². The van der Waals surface area contributed by atoms with Gasteiger partial charge in [0.05, 0.1) is 11.0 Å². The van der Waals surface area contributed by atoms with Crippen molar-refractivity contribution in [1.82, 2.24) is 13.9 Å². The van der Waals surface area contributed by atoms with Crippen molar-refractivity contribution in [2.45, 2.75) is 43.7 Å². The molecule has 1 atom stereocenters. The van der Waals surface area contributed by atoms with Crippen LogP contribution in [0.2, 0.25) is 0 Å². The smallest absolute Gasteiger partial charge is 0.323 e. The molecule has 1 unspecified atom stereocenters. The lowest BCUT2D eigenvalue weighted by Gasteiger charge is -2.17. The van der Waals surface area contributed by atoms with Gasteiger partial charge in [0, 0.05) is 53.2 Å². The van der Waals surface area contributed by atoms with Gasteiger partial charge in [-0.1, -0.05) is 12.1 Å². The van der Waals surface area contributed by atoms with Crippen LogP contribution in [-0.4, -0.2) is 52.5 Å². The molecule has 1 aliphatic rings. The molecule has 0 radical (unpaired) electrons. The third kappa shape index (κ3) is 4.76. The normalized spacial score (nSPS) is 16.7. The quantitative estimate of drug-likeness (QED) is 0.354. The van der Waals surface area contributed by atoms with Crippen molar-refractivity contribution in [3.63, 3.8) is 0 Å². The van der Waals surface area contributed by atoms with Crippen molar-refractivity contribution in [3.8, 4) is 16.3 Å². The molecule has 3 heterocycles. The number of aliphatic carboxylic acids is 1. The SMILES string of the molecule is CC(C)Oc1ccc(S(=O)(=O)N2CCC(c3cn(CC(=O)O)c4cc(-c5nccs5)ccc34)C2)cc1. The molecular weight excluding hydrogens is 498 g/mol. The lowest BCUT2D eigenvalue weighted by atomic mass is 9.97. The summed E-state index contributed by atoms with van der Waals surface area (Å²) in [5.74, 6) is -0.336. The van der Waals surface area contributed by atoms with E-state index in [1.807, 2.05) is 43.6 Å². The molecule has 5 rings (SSSR count). The maximum Gasteiger partial charge on any atom is 0.323 e. The molecule has 0 bridgehead atoms. The predicted molar refractivity (Wildman–Crippen MR) is 139 cm³/mol. The van der Waals surface area contributed by atoms with E-state index >= 15 is 0 Å². The highest BCUT2D eigenvalue weighted by Crippen LogP contribution is 2.37. The number of carboxylic acids is 1. The van der Waals surface area contributed by atoms with Gasteiger partial charge >= 0.3 is 5.97 Å². The van der Waals surface area contributed by atoms with Crippen molar-refractivity contribution < 1.29 is 23.1 Å². The molecule has 4 aromatic rings. The number of rotatable bonds is 8. The Morgan fingerprint density at radius 1 is 1.22 bits per heavy atom. The predicted octanol–water partition coefficient (Wildman–Crippen LogP) is 4.81. The van der Waals surface area contributed by atoms with Gasteiger partial charge in [0.2, 0.25) is 10.0 Å². The molecular formula is C26H27N3O5S2. The van der Waals surface area contributed by atoms with Crippen LogP contribution in [-0.2, 0) is 21.4 Å². The zero-order chi connectivity index (χ0) is 25.4. The van der Waals surface area contributed by atoms with Crippen molar-refractivity contribution >= 4 is 38.2 Å². The summed E-state index contributed by atoms with van der Waals surface area (Å²) in [6, 6.07) is 12.5. The van der Waals surface area contributed by atoms with Crippen LogP contribution in [0.15, 0.2) is 65.1 Å². The molecule has 36 heavy (non-hydrogen) atoms. The van der Waals surface area contributed by atoms with E-state index in [0.717, 1.165) is 27.0 Å². The van der Waals surface area contributed by atoms with Gasteiger partial charge in [-0.25, -0.2) is 13.4 Å². The Morgan fingerprint density at radius 3 is 2.67 bits per heavy atom. The number of carboxylic acid groups (broad SMARTS) is 1. The topological polar surface area (TPSA) is 102 Å². The molecule has 0 saturated carbocycles. The Labute approximate surface area is 213 Å². The summed E-state index contributed by atoms with van der Waals surface area (Å²) in [5.41, 5.74) is 2.70. The van der Waals surface area contributed by atoms with Crippen LogP contribution in [0, 0.1) is 0 Å². The van der Waals surface area contributed by atoms with E-state index in [1.54, 1.807) is 35.0 Å². The first-order valence-electron chi connectivity index (χ1n) is 11.7. The van der Waals surface area contributed by atoms with Crippen molar-refractivity contribution in [3.05, 3.63) is 65.8 Å². The highest BCUT2D eigenvalue weighted by atomic mass is 32.2. The van der Waals surface area contributed by atoms with Crippen LogP contribution >= 0.6 is 11.3 Å². The molecule has 8 nitrogen and oxygen atoms in total. The lowest BCUT2D eigenvalue weighted by molar-refractivity contribution is -0.137. The molecule has 1 aliphatic heterocycles. The van der Waals surface area contributed by atoms with E-state index in [0.29, 0.717) is 25.3 Å². The lowest BCUT2D eigenvalue weighted by Crippen LogP contribution is -2.28. The Balaban J connectivity index is 1.43. The number of thiazole rings is 1. The summed E-state index contributed by atoms with van der Waals surface area (Å²) < 4.78 is 35.5. The molecule has 2 aromatic carbocycles. The Morgan fingerprint density at radius 2 is 2.00 bits per heavy atom. The molecule has 2 aromatic heterocycles. The maximum absolute atomic E-state index is 13.3. The summed E-state index contributed by atoms with van der Waals surface area (Å²) in [5, 5.41) is 13.2.